The first-order valence-corrected chi connectivity index (χ1v) is 7.59. The van der Waals surface area contributed by atoms with E-state index in [2.05, 4.69) is 18.3 Å². The lowest BCUT2D eigenvalue weighted by atomic mass is 9.92. The van der Waals surface area contributed by atoms with Crippen LogP contribution in [0.25, 0.3) is 10.9 Å². The third-order valence-electron chi connectivity index (χ3n) is 4.11. The van der Waals surface area contributed by atoms with Gasteiger partial charge in [-0.15, -0.1) is 0 Å². The Morgan fingerprint density at radius 1 is 1.14 bits per heavy atom. The van der Waals surface area contributed by atoms with E-state index in [9.17, 15) is 0 Å². The van der Waals surface area contributed by atoms with Gasteiger partial charge in [-0.25, -0.2) is 4.98 Å². The Morgan fingerprint density at radius 3 is 2.67 bits per heavy atom. The van der Waals surface area contributed by atoms with Crippen LogP contribution < -0.4 is 14.8 Å². The molecule has 0 atom stereocenters. The lowest BCUT2D eigenvalue weighted by Crippen LogP contribution is -2.11. The van der Waals surface area contributed by atoms with Crippen molar-refractivity contribution in [3.8, 4) is 11.5 Å². The Morgan fingerprint density at radius 2 is 1.95 bits per heavy atom. The third kappa shape index (κ3) is 2.39. The van der Waals surface area contributed by atoms with Crippen molar-refractivity contribution in [3.05, 3.63) is 23.4 Å². The SMILES string of the molecule is CCNc1c2c(nc3c(OC)cc(OC)cc13)CCCC2. The summed E-state index contributed by atoms with van der Waals surface area (Å²) in [5.74, 6) is 1.58. The highest BCUT2D eigenvalue weighted by Gasteiger charge is 2.20. The van der Waals surface area contributed by atoms with Gasteiger partial charge in [0.25, 0.3) is 0 Å². The van der Waals surface area contributed by atoms with Gasteiger partial charge in [-0.3, -0.25) is 0 Å². The molecule has 0 saturated heterocycles. The molecule has 1 aliphatic carbocycles. The average molecular weight is 286 g/mol. The molecule has 0 spiro atoms. The van der Waals surface area contributed by atoms with Crippen LogP contribution in [0.4, 0.5) is 5.69 Å². The smallest absolute Gasteiger partial charge is 0.148 e. The van der Waals surface area contributed by atoms with Crippen LogP contribution in [0.1, 0.15) is 31.0 Å². The lowest BCUT2D eigenvalue weighted by Gasteiger charge is -2.22. The number of hydrogen-bond acceptors (Lipinski definition) is 4. The number of pyridine rings is 1. The van der Waals surface area contributed by atoms with Gasteiger partial charge in [-0.05, 0) is 44.2 Å². The maximum Gasteiger partial charge on any atom is 0.148 e. The molecule has 1 aromatic heterocycles. The summed E-state index contributed by atoms with van der Waals surface area (Å²) in [5, 5.41) is 4.62. The number of nitrogens with zero attached hydrogens (tertiary/aromatic N) is 1. The fourth-order valence-corrected chi connectivity index (χ4v) is 3.12. The van der Waals surface area contributed by atoms with E-state index >= 15 is 0 Å². The molecule has 21 heavy (non-hydrogen) atoms. The summed E-state index contributed by atoms with van der Waals surface area (Å²) in [6, 6.07) is 3.96. The quantitative estimate of drug-likeness (QED) is 0.933. The molecule has 2 aromatic rings. The van der Waals surface area contributed by atoms with Crippen molar-refractivity contribution < 1.29 is 9.47 Å². The molecule has 4 heteroatoms. The normalized spacial score (nSPS) is 13.9. The number of hydrogen-bond donors (Lipinski definition) is 1. The average Bonchev–Trinajstić information content (AvgIpc) is 2.54. The number of ether oxygens (including phenoxy) is 2. The van der Waals surface area contributed by atoms with Gasteiger partial charge in [0.15, 0.2) is 0 Å². The van der Waals surface area contributed by atoms with E-state index in [4.69, 9.17) is 14.5 Å². The first-order valence-electron chi connectivity index (χ1n) is 7.59. The van der Waals surface area contributed by atoms with Crippen LogP contribution in [0, 0.1) is 0 Å². The maximum absolute atomic E-state index is 5.52. The molecular weight excluding hydrogens is 264 g/mol. The van der Waals surface area contributed by atoms with E-state index in [1.165, 1.54) is 29.8 Å². The van der Waals surface area contributed by atoms with Crippen LogP contribution >= 0.6 is 0 Å². The van der Waals surface area contributed by atoms with Crippen molar-refractivity contribution in [1.29, 1.82) is 0 Å². The van der Waals surface area contributed by atoms with Gasteiger partial charge in [0.05, 0.1) is 14.2 Å². The highest BCUT2D eigenvalue weighted by atomic mass is 16.5. The van der Waals surface area contributed by atoms with Gasteiger partial charge in [0.1, 0.15) is 17.0 Å². The predicted molar refractivity (Wildman–Crippen MR) is 85.7 cm³/mol. The Hall–Kier alpha value is -1.97. The molecule has 1 N–H and O–H groups in total. The summed E-state index contributed by atoms with van der Waals surface area (Å²) in [4.78, 5) is 4.88. The van der Waals surface area contributed by atoms with E-state index < -0.39 is 0 Å². The summed E-state index contributed by atoms with van der Waals surface area (Å²) in [5.41, 5.74) is 4.71. The topological polar surface area (TPSA) is 43.4 Å². The van der Waals surface area contributed by atoms with Crippen LogP contribution in [-0.2, 0) is 12.8 Å². The highest BCUT2D eigenvalue weighted by Crippen LogP contribution is 2.39. The van der Waals surface area contributed by atoms with Crippen LogP contribution in [0.5, 0.6) is 11.5 Å². The zero-order chi connectivity index (χ0) is 14.8. The second-order valence-electron chi connectivity index (χ2n) is 5.38. The fraction of sp³-hybridized carbons (Fsp3) is 0.471. The van der Waals surface area contributed by atoms with Crippen molar-refractivity contribution in [3.63, 3.8) is 0 Å². The maximum atomic E-state index is 5.52. The molecule has 0 amide bonds. The van der Waals surface area contributed by atoms with Gasteiger partial charge in [-0.1, -0.05) is 0 Å². The first-order chi connectivity index (χ1) is 10.3. The predicted octanol–water partition coefficient (Wildman–Crippen LogP) is 3.56. The minimum Gasteiger partial charge on any atom is -0.497 e. The number of benzene rings is 1. The Kier molecular flexibility index (Phi) is 3.86. The summed E-state index contributed by atoms with van der Waals surface area (Å²) in [6.45, 7) is 3.02. The van der Waals surface area contributed by atoms with Crippen LogP contribution in [0.3, 0.4) is 0 Å². The van der Waals surface area contributed by atoms with Crippen molar-refractivity contribution in [2.24, 2.45) is 0 Å². The van der Waals surface area contributed by atoms with E-state index in [0.717, 1.165) is 41.8 Å². The summed E-state index contributed by atoms with van der Waals surface area (Å²) in [7, 11) is 3.36. The second-order valence-corrected chi connectivity index (χ2v) is 5.38. The van der Waals surface area contributed by atoms with Crippen molar-refractivity contribution in [2.75, 3.05) is 26.1 Å². The highest BCUT2D eigenvalue weighted by molar-refractivity contribution is 5.98. The van der Waals surface area contributed by atoms with Crippen LogP contribution in [0.2, 0.25) is 0 Å². The number of aryl methyl sites for hydroxylation is 1. The number of nitrogens with one attached hydrogen (secondary N) is 1. The van der Waals surface area contributed by atoms with Crippen molar-refractivity contribution >= 4 is 16.6 Å². The molecule has 112 valence electrons. The van der Waals surface area contributed by atoms with Gasteiger partial charge in [0, 0.05) is 29.4 Å². The molecular formula is C17H22N2O2. The monoisotopic (exact) mass is 286 g/mol. The second kappa shape index (κ2) is 5.80. The number of fused-ring (bicyclic) bond motifs is 2. The van der Waals surface area contributed by atoms with Gasteiger partial charge in [0.2, 0.25) is 0 Å². The Bertz CT molecular complexity index is 668. The van der Waals surface area contributed by atoms with Crippen molar-refractivity contribution in [1.82, 2.24) is 4.98 Å². The van der Waals surface area contributed by atoms with Gasteiger partial charge < -0.3 is 14.8 Å². The molecule has 0 radical (unpaired) electrons. The minimum atomic E-state index is 0.775. The van der Waals surface area contributed by atoms with Crippen molar-refractivity contribution in [2.45, 2.75) is 32.6 Å². The summed E-state index contributed by atoms with van der Waals surface area (Å²) >= 11 is 0. The fourth-order valence-electron chi connectivity index (χ4n) is 3.12. The first kappa shape index (κ1) is 14.0. The zero-order valence-electron chi connectivity index (χ0n) is 13.0. The van der Waals surface area contributed by atoms with Gasteiger partial charge >= 0.3 is 0 Å². The molecule has 1 aromatic carbocycles. The van der Waals surface area contributed by atoms with E-state index in [1.54, 1.807) is 14.2 Å². The van der Waals surface area contributed by atoms with E-state index in [0.29, 0.717) is 0 Å². The molecule has 0 unspecified atom stereocenters. The largest absolute Gasteiger partial charge is 0.497 e. The molecule has 0 fully saturated rings. The Balaban J connectivity index is 2.33. The number of rotatable bonds is 4. The summed E-state index contributed by atoms with van der Waals surface area (Å²) < 4.78 is 10.9. The van der Waals surface area contributed by atoms with Gasteiger partial charge in [-0.2, -0.15) is 0 Å². The standard InChI is InChI=1S/C17H22N2O2/c1-4-18-16-12-7-5-6-8-14(12)19-17-13(16)9-11(20-2)10-15(17)21-3/h9-10H,4-8H2,1-3H3,(H,18,19). The van der Waals surface area contributed by atoms with E-state index in [1.807, 2.05) is 6.07 Å². The van der Waals surface area contributed by atoms with E-state index in [-0.39, 0.29) is 0 Å². The molecule has 1 aliphatic rings. The third-order valence-corrected chi connectivity index (χ3v) is 4.11. The number of anilines is 1. The molecule has 3 rings (SSSR count). The minimum absolute atomic E-state index is 0.775. The molecule has 1 heterocycles. The molecule has 0 aliphatic heterocycles. The lowest BCUT2D eigenvalue weighted by molar-refractivity contribution is 0.397. The number of aromatic nitrogens is 1. The van der Waals surface area contributed by atoms with Crippen LogP contribution in [0.15, 0.2) is 12.1 Å². The molecule has 4 nitrogen and oxygen atoms in total. The summed E-state index contributed by atoms with van der Waals surface area (Å²) in [6.07, 6.45) is 4.61. The molecule has 0 bridgehead atoms. The van der Waals surface area contributed by atoms with Crippen LogP contribution in [-0.4, -0.2) is 25.7 Å². The Labute approximate surface area is 125 Å². The molecule has 0 saturated carbocycles. The number of methoxy groups -OCH3 is 2. The zero-order valence-corrected chi connectivity index (χ0v) is 13.0.